The third-order valence-electron chi connectivity index (χ3n) is 6.45. The fourth-order valence-electron chi connectivity index (χ4n) is 4.63. The molecule has 31 heavy (non-hydrogen) atoms. The summed E-state index contributed by atoms with van der Waals surface area (Å²) in [5, 5.41) is 3.33. The predicted octanol–water partition coefficient (Wildman–Crippen LogP) is 3.30. The Morgan fingerprint density at radius 1 is 1.19 bits per heavy atom. The molecule has 5 nitrogen and oxygen atoms in total. The fraction of sp³-hybridized carbons (Fsp3) is 0.417. The maximum absolute atomic E-state index is 14.7. The molecule has 1 heterocycles. The van der Waals surface area contributed by atoms with Gasteiger partial charge in [-0.2, -0.15) is 0 Å². The van der Waals surface area contributed by atoms with Crippen molar-refractivity contribution in [3.8, 4) is 0 Å². The number of halogens is 2. The molecular formula is C24H27BrFN3O2. The van der Waals surface area contributed by atoms with E-state index >= 15 is 0 Å². The Kier molecular flexibility index (Phi) is 6.44. The van der Waals surface area contributed by atoms with Crippen LogP contribution in [-0.2, 0) is 21.4 Å². The molecule has 2 fully saturated rings. The van der Waals surface area contributed by atoms with E-state index in [-0.39, 0.29) is 17.8 Å². The van der Waals surface area contributed by atoms with Gasteiger partial charge in [0.05, 0.1) is 5.41 Å². The Morgan fingerprint density at radius 3 is 2.48 bits per heavy atom. The highest BCUT2D eigenvalue weighted by atomic mass is 79.9. The van der Waals surface area contributed by atoms with Crippen molar-refractivity contribution in [1.82, 2.24) is 10.2 Å². The van der Waals surface area contributed by atoms with Crippen molar-refractivity contribution < 1.29 is 14.0 Å². The zero-order chi connectivity index (χ0) is 22.0. The van der Waals surface area contributed by atoms with E-state index in [1.165, 1.54) is 6.07 Å². The Hall–Kier alpha value is -2.25. The minimum Gasteiger partial charge on any atom is -0.368 e. The summed E-state index contributed by atoms with van der Waals surface area (Å²) in [5.74, 6) is -1.10. The second kappa shape index (κ2) is 9.09. The molecule has 2 aromatic carbocycles. The van der Waals surface area contributed by atoms with Crippen LogP contribution in [0.4, 0.5) is 4.39 Å². The van der Waals surface area contributed by atoms with Crippen LogP contribution in [0.3, 0.4) is 0 Å². The lowest BCUT2D eigenvalue weighted by molar-refractivity contribution is -0.145. The topological polar surface area (TPSA) is 75.4 Å². The smallest absolute Gasteiger partial charge is 0.240 e. The quantitative estimate of drug-likeness (QED) is 0.628. The van der Waals surface area contributed by atoms with Gasteiger partial charge in [-0.3, -0.25) is 9.59 Å². The lowest BCUT2D eigenvalue weighted by atomic mass is 9.90. The van der Waals surface area contributed by atoms with E-state index < -0.39 is 17.4 Å². The lowest BCUT2D eigenvalue weighted by Crippen LogP contribution is -2.60. The first-order valence-corrected chi connectivity index (χ1v) is 11.5. The molecule has 2 aromatic rings. The first-order valence-electron chi connectivity index (χ1n) is 10.7. The van der Waals surface area contributed by atoms with Crippen LogP contribution >= 0.6 is 15.9 Å². The number of carbonyl (C=O) groups is 2. The minimum atomic E-state index is -0.907. The number of carbonyl (C=O) groups excluding carboxylic acids is 2. The molecule has 1 aliphatic carbocycles. The van der Waals surface area contributed by atoms with E-state index in [2.05, 4.69) is 21.2 Å². The lowest BCUT2D eigenvalue weighted by Gasteiger charge is -2.41. The van der Waals surface area contributed by atoms with Gasteiger partial charge in [0.1, 0.15) is 11.9 Å². The Morgan fingerprint density at radius 2 is 1.90 bits per heavy atom. The number of amides is 2. The monoisotopic (exact) mass is 487 g/mol. The molecular weight excluding hydrogens is 461 g/mol. The van der Waals surface area contributed by atoms with Crippen LogP contribution in [0.1, 0.15) is 36.8 Å². The normalized spacial score (nSPS) is 20.6. The predicted molar refractivity (Wildman–Crippen MR) is 121 cm³/mol. The van der Waals surface area contributed by atoms with Gasteiger partial charge in [-0.05, 0) is 56.0 Å². The Labute approximate surface area is 190 Å². The third-order valence-corrected chi connectivity index (χ3v) is 6.98. The van der Waals surface area contributed by atoms with Gasteiger partial charge in [-0.15, -0.1) is 0 Å². The van der Waals surface area contributed by atoms with Gasteiger partial charge in [0, 0.05) is 29.0 Å². The average molecular weight is 488 g/mol. The number of nitrogens with one attached hydrogen (secondary N) is 1. The molecule has 0 aromatic heterocycles. The third kappa shape index (κ3) is 4.53. The summed E-state index contributed by atoms with van der Waals surface area (Å²) in [6.45, 7) is 1.48. The number of hydrogen-bond acceptors (Lipinski definition) is 3. The molecule has 0 radical (unpaired) electrons. The van der Waals surface area contributed by atoms with Crippen LogP contribution in [0.25, 0.3) is 0 Å². The highest BCUT2D eigenvalue weighted by molar-refractivity contribution is 9.10. The van der Waals surface area contributed by atoms with E-state index in [9.17, 15) is 14.0 Å². The standard InChI is InChI=1S/C24H27BrFN3O2/c25-17-9-7-16(8-10-17)14-21(22(27)30)29(18-4-3-13-28-15-18)23(31)24(11-12-24)19-5-1-2-6-20(19)26/h1-2,5-10,18,21,28H,3-4,11-15H2,(H2,27,30)/t18-,21+/m1/s1. The number of nitrogens with two attached hydrogens (primary N) is 1. The summed E-state index contributed by atoms with van der Waals surface area (Å²) < 4.78 is 15.6. The summed E-state index contributed by atoms with van der Waals surface area (Å²) in [4.78, 5) is 28.3. The molecule has 7 heteroatoms. The largest absolute Gasteiger partial charge is 0.368 e. The van der Waals surface area contributed by atoms with Crippen molar-refractivity contribution in [2.75, 3.05) is 13.1 Å². The highest BCUT2D eigenvalue weighted by Gasteiger charge is 2.56. The Bertz CT molecular complexity index is 956. The van der Waals surface area contributed by atoms with Crippen molar-refractivity contribution >= 4 is 27.7 Å². The molecule has 2 atom stereocenters. The molecule has 2 aliphatic rings. The molecule has 164 valence electrons. The minimum absolute atomic E-state index is 0.154. The van der Waals surface area contributed by atoms with Gasteiger partial charge in [0.15, 0.2) is 0 Å². The van der Waals surface area contributed by atoms with Gasteiger partial charge in [0.2, 0.25) is 11.8 Å². The summed E-state index contributed by atoms with van der Waals surface area (Å²) >= 11 is 3.42. The second-order valence-corrected chi connectivity index (χ2v) is 9.44. The van der Waals surface area contributed by atoms with E-state index in [1.807, 2.05) is 24.3 Å². The van der Waals surface area contributed by atoms with Gasteiger partial charge in [-0.1, -0.05) is 46.3 Å². The number of primary amides is 1. The zero-order valence-electron chi connectivity index (χ0n) is 17.3. The van der Waals surface area contributed by atoms with Crippen LogP contribution < -0.4 is 11.1 Å². The van der Waals surface area contributed by atoms with Crippen molar-refractivity contribution in [1.29, 1.82) is 0 Å². The molecule has 0 spiro atoms. The van der Waals surface area contributed by atoms with Crippen molar-refractivity contribution in [3.63, 3.8) is 0 Å². The number of benzene rings is 2. The molecule has 2 amide bonds. The first-order chi connectivity index (χ1) is 14.9. The number of hydrogen-bond donors (Lipinski definition) is 2. The zero-order valence-corrected chi connectivity index (χ0v) is 18.9. The molecule has 1 aliphatic heterocycles. The number of piperidine rings is 1. The first kappa shape index (κ1) is 22.0. The van der Waals surface area contributed by atoms with Crippen LogP contribution in [0, 0.1) is 5.82 Å². The van der Waals surface area contributed by atoms with Crippen molar-refractivity contribution in [3.05, 3.63) is 69.9 Å². The molecule has 0 unspecified atom stereocenters. The van der Waals surface area contributed by atoms with Gasteiger partial charge in [0.25, 0.3) is 0 Å². The number of rotatable bonds is 7. The van der Waals surface area contributed by atoms with Crippen LogP contribution in [0.2, 0.25) is 0 Å². The van der Waals surface area contributed by atoms with Gasteiger partial charge < -0.3 is 16.0 Å². The van der Waals surface area contributed by atoms with Crippen LogP contribution in [0.15, 0.2) is 53.0 Å². The number of nitrogens with zero attached hydrogens (tertiary/aromatic N) is 1. The Balaban J connectivity index is 1.70. The summed E-state index contributed by atoms with van der Waals surface area (Å²) in [6.07, 6.45) is 3.18. The van der Waals surface area contributed by atoms with Crippen molar-refractivity contribution in [2.45, 2.75) is 49.6 Å². The van der Waals surface area contributed by atoms with E-state index in [4.69, 9.17) is 5.73 Å². The van der Waals surface area contributed by atoms with Crippen LogP contribution in [0.5, 0.6) is 0 Å². The summed E-state index contributed by atoms with van der Waals surface area (Å²) in [6, 6.07) is 13.2. The second-order valence-electron chi connectivity index (χ2n) is 8.52. The van der Waals surface area contributed by atoms with E-state index in [0.717, 1.165) is 29.4 Å². The van der Waals surface area contributed by atoms with Crippen LogP contribution in [-0.4, -0.2) is 41.9 Å². The molecule has 4 rings (SSSR count). The van der Waals surface area contributed by atoms with E-state index in [0.29, 0.717) is 31.4 Å². The SMILES string of the molecule is NC(=O)[C@H](Cc1ccc(Br)cc1)N(C(=O)C1(c2ccccc2F)CC1)[C@@H]1CCCNC1. The van der Waals surface area contributed by atoms with Gasteiger partial charge in [-0.25, -0.2) is 4.39 Å². The maximum Gasteiger partial charge on any atom is 0.240 e. The highest BCUT2D eigenvalue weighted by Crippen LogP contribution is 2.51. The average Bonchev–Trinajstić information content (AvgIpc) is 3.57. The van der Waals surface area contributed by atoms with E-state index in [1.54, 1.807) is 23.1 Å². The maximum atomic E-state index is 14.7. The van der Waals surface area contributed by atoms with Gasteiger partial charge >= 0.3 is 0 Å². The fourth-order valence-corrected chi connectivity index (χ4v) is 4.90. The molecule has 1 saturated carbocycles. The summed E-state index contributed by atoms with van der Waals surface area (Å²) in [7, 11) is 0. The van der Waals surface area contributed by atoms with Crippen molar-refractivity contribution in [2.24, 2.45) is 5.73 Å². The summed E-state index contributed by atoms with van der Waals surface area (Å²) in [5.41, 5.74) is 6.29. The molecule has 0 bridgehead atoms. The molecule has 1 saturated heterocycles. The molecule has 3 N–H and O–H groups in total.